The van der Waals surface area contributed by atoms with Crippen molar-refractivity contribution in [2.75, 3.05) is 20.3 Å². The summed E-state index contributed by atoms with van der Waals surface area (Å²) < 4.78 is 5.06. The highest BCUT2D eigenvalue weighted by molar-refractivity contribution is 5.97. The molecule has 114 valence electrons. The van der Waals surface area contributed by atoms with Crippen molar-refractivity contribution in [3.05, 3.63) is 0 Å². The van der Waals surface area contributed by atoms with Gasteiger partial charge in [-0.1, -0.05) is 20.8 Å². The van der Waals surface area contributed by atoms with Crippen molar-refractivity contribution in [3.63, 3.8) is 0 Å². The number of ether oxygens (including phenoxy) is 1. The van der Waals surface area contributed by atoms with Crippen LogP contribution in [-0.4, -0.2) is 49.1 Å². The summed E-state index contributed by atoms with van der Waals surface area (Å²) in [6, 6.07) is -0.689. The normalized spacial score (nSPS) is 27.7. The Morgan fingerprint density at radius 2 is 1.95 bits per heavy atom. The average molecular weight is 282 g/mol. The molecule has 1 saturated heterocycles. The van der Waals surface area contributed by atoms with Crippen LogP contribution >= 0.6 is 0 Å². The van der Waals surface area contributed by atoms with E-state index in [0.717, 1.165) is 19.3 Å². The maximum atomic E-state index is 12.7. The molecular formula is C15H26N2O3. The number of amides is 2. The van der Waals surface area contributed by atoms with Crippen LogP contribution in [0, 0.1) is 11.3 Å². The molecule has 0 aromatic heterocycles. The Labute approximate surface area is 121 Å². The number of carbonyl (C=O) groups is 2. The van der Waals surface area contributed by atoms with E-state index in [-0.39, 0.29) is 29.3 Å². The summed E-state index contributed by atoms with van der Waals surface area (Å²) in [4.78, 5) is 26.9. The molecule has 0 aromatic carbocycles. The Morgan fingerprint density at radius 1 is 1.30 bits per heavy atom. The molecule has 0 spiro atoms. The third kappa shape index (κ3) is 3.14. The van der Waals surface area contributed by atoms with Crippen molar-refractivity contribution in [2.45, 2.75) is 52.1 Å². The zero-order valence-corrected chi connectivity index (χ0v) is 12.9. The van der Waals surface area contributed by atoms with E-state index in [4.69, 9.17) is 4.74 Å². The van der Waals surface area contributed by atoms with Crippen LogP contribution in [0.15, 0.2) is 0 Å². The van der Waals surface area contributed by atoms with Gasteiger partial charge >= 0.3 is 0 Å². The van der Waals surface area contributed by atoms with Gasteiger partial charge in [0.15, 0.2) is 0 Å². The van der Waals surface area contributed by atoms with Crippen LogP contribution in [0.4, 0.5) is 0 Å². The van der Waals surface area contributed by atoms with Crippen LogP contribution in [0.2, 0.25) is 0 Å². The molecule has 5 nitrogen and oxygen atoms in total. The van der Waals surface area contributed by atoms with Gasteiger partial charge < -0.3 is 15.0 Å². The first-order valence-electron chi connectivity index (χ1n) is 7.46. The molecule has 1 N–H and O–H groups in total. The first-order chi connectivity index (χ1) is 9.36. The Morgan fingerprint density at radius 3 is 2.45 bits per heavy atom. The van der Waals surface area contributed by atoms with E-state index >= 15 is 0 Å². The fourth-order valence-corrected chi connectivity index (χ4v) is 2.97. The van der Waals surface area contributed by atoms with Gasteiger partial charge in [-0.15, -0.1) is 0 Å². The zero-order chi connectivity index (χ0) is 14.9. The van der Waals surface area contributed by atoms with Crippen molar-refractivity contribution >= 4 is 11.8 Å². The Balaban J connectivity index is 2.16. The number of methoxy groups -OCH3 is 1. The fraction of sp³-hybridized carbons (Fsp3) is 0.867. The van der Waals surface area contributed by atoms with Gasteiger partial charge in [0.2, 0.25) is 11.8 Å². The minimum absolute atomic E-state index is 0.00795. The molecule has 0 radical (unpaired) electrons. The van der Waals surface area contributed by atoms with Gasteiger partial charge in [0.05, 0.1) is 0 Å². The maximum absolute atomic E-state index is 12.7. The van der Waals surface area contributed by atoms with Crippen molar-refractivity contribution in [1.82, 2.24) is 10.2 Å². The number of hydrogen-bond donors (Lipinski definition) is 1. The van der Waals surface area contributed by atoms with Crippen LogP contribution < -0.4 is 5.32 Å². The second-order valence-corrected chi connectivity index (χ2v) is 6.97. The molecule has 20 heavy (non-hydrogen) atoms. The van der Waals surface area contributed by atoms with Crippen molar-refractivity contribution in [1.29, 1.82) is 0 Å². The molecule has 1 aliphatic carbocycles. The van der Waals surface area contributed by atoms with Gasteiger partial charge in [-0.25, -0.2) is 0 Å². The number of hydrogen-bond acceptors (Lipinski definition) is 3. The van der Waals surface area contributed by atoms with Crippen LogP contribution in [-0.2, 0) is 14.3 Å². The zero-order valence-electron chi connectivity index (χ0n) is 12.9. The fourth-order valence-electron chi connectivity index (χ4n) is 2.97. The van der Waals surface area contributed by atoms with Gasteiger partial charge in [-0.3, -0.25) is 9.59 Å². The van der Waals surface area contributed by atoms with Gasteiger partial charge in [0, 0.05) is 20.3 Å². The van der Waals surface area contributed by atoms with E-state index in [0.29, 0.717) is 19.1 Å². The van der Waals surface area contributed by atoms with E-state index in [1.165, 1.54) is 0 Å². The second-order valence-electron chi connectivity index (χ2n) is 6.97. The van der Waals surface area contributed by atoms with Gasteiger partial charge in [-0.05, 0) is 30.6 Å². The first-order valence-corrected chi connectivity index (χ1v) is 7.46. The molecule has 2 amide bonds. The molecule has 2 atom stereocenters. The van der Waals surface area contributed by atoms with Crippen LogP contribution in [0.3, 0.4) is 0 Å². The molecule has 2 rings (SSSR count). The molecule has 5 heteroatoms. The average Bonchev–Trinajstić information content (AvgIpc) is 3.15. The minimum atomic E-state index is -0.387. The smallest absolute Gasteiger partial charge is 0.246 e. The summed E-state index contributed by atoms with van der Waals surface area (Å²) in [7, 11) is 1.65. The van der Waals surface area contributed by atoms with E-state index < -0.39 is 0 Å². The van der Waals surface area contributed by atoms with Crippen LogP contribution in [0.25, 0.3) is 0 Å². The Bertz CT molecular complexity index is 385. The number of nitrogens with one attached hydrogen (secondary N) is 1. The maximum Gasteiger partial charge on any atom is 0.246 e. The standard InChI is InChI=1S/C15H26N2O3/c1-15(2,3)12-13(18)16-11(10-6-7-10)14(19)17(12)8-5-9-20-4/h10-12H,5-9H2,1-4H3,(H,16,18). The summed E-state index contributed by atoms with van der Waals surface area (Å²) in [5, 5.41) is 2.94. The molecule has 1 aliphatic heterocycles. The topological polar surface area (TPSA) is 58.6 Å². The molecule has 2 fully saturated rings. The van der Waals surface area contributed by atoms with E-state index in [1.807, 2.05) is 20.8 Å². The van der Waals surface area contributed by atoms with Crippen molar-refractivity contribution < 1.29 is 14.3 Å². The molecule has 2 aliphatic rings. The number of nitrogens with zero attached hydrogens (tertiary/aromatic N) is 1. The summed E-state index contributed by atoms with van der Waals surface area (Å²) in [5.41, 5.74) is -0.263. The number of carbonyl (C=O) groups excluding carboxylic acids is 2. The molecule has 1 heterocycles. The number of rotatable bonds is 5. The number of piperazine rings is 1. The lowest BCUT2D eigenvalue weighted by molar-refractivity contribution is -0.154. The third-order valence-electron chi connectivity index (χ3n) is 4.07. The molecule has 1 saturated carbocycles. The van der Waals surface area contributed by atoms with Crippen LogP contribution in [0.1, 0.15) is 40.0 Å². The van der Waals surface area contributed by atoms with E-state index in [1.54, 1.807) is 12.0 Å². The van der Waals surface area contributed by atoms with Crippen molar-refractivity contribution in [2.24, 2.45) is 11.3 Å². The lowest BCUT2D eigenvalue weighted by Crippen LogP contribution is -2.67. The summed E-state index contributed by atoms with van der Waals surface area (Å²) in [6.07, 6.45) is 2.85. The largest absolute Gasteiger partial charge is 0.385 e. The SMILES string of the molecule is COCCCN1C(=O)C(C2CC2)NC(=O)C1C(C)(C)C. The second kappa shape index (κ2) is 5.72. The molecule has 0 aromatic rings. The highest BCUT2D eigenvalue weighted by atomic mass is 16.5. The van der Waals surface area contributed by atoms with Gasteiger partial charge in [0.25, 0.3) is 0 Å². The highest BCUT2D eigenvalue weighted by Gasteiger charge is 2.49. The van der Waals surface area contributed by atoms with Crippen molar-refractivity contribution in [3.8, 4) is 0 Å². The Kier molecular flexibility index (Phi) is 4.37. The predicted molar refractivity (Wildman–Crippen MR) is 76.1 cm³/mol. The predicted octanol–water partition coefficient (Wildman–Crippen LogP) is 1.17. The summed E-state index contributed by atoms with van der Waals surface area (Å²) in [5.74, 6) is 0.423. The lowest BCUT2D eigenvalue weighted by atomic mass is 9.82. The third-order valence-corrected chi connectivity index (χ3v) is 4.07. The highest BCUT2D eigenvalue weighted by Crippen LogP contribution is 2.37. The molecular weight excluding hydrogens is 256 g/mol. The minimum Gasteiger partial charge on any atom is -0.385 e. The summed E-state index contributed by atoms with van der Waals surface area (Å²) >= 11 is 0. The van der Waals surface area contributed by atoms with E-state index in [9.17, 15) is 9.59 Å². The Hall–Kier alpha value is -1.10. The first kappa shape index (κ1) is 15.3. The van der Waals surface area contributed by atoms with E-state index in [2.05, 4.69) is 5.32 Å². The monoisotopic (exact) mass is 282 g/mol. The van der Waals surface area contributed by atoms with Crippen LogP contribution in [0.5, 0.6) is 0 Å². The van der Waals surface area contributed by atoms with Gasteiger partial charge in [-0.2, -0.15) is 0 Å². The lowest BCUT2D eigenvalue weighted by Gasteiger charge is -2.45. The summed E-state index contributed by atoms with van der Waals surface area (Å²) in [6.45, 7) is 7.21. The molecule has 0 bridgehead atoms. The van der Waals surface area contributed by atoms with Gasteiger partial charge in [0.1, 0.15) is 12.1 Å². The quantitative estimate of drug-likeness (QED) is 0.770. The molecule has 2 unspecified atom stereocenters.